The van der Waals surface area contributed by atoms with Crippen LogP contribution in [0.2, 0.25) is 0 Å². The molecule has 0 atom stereocenters. The second-order valence-electron chi connectivity index (χ2n) is 7.86. The maximum atomic E-state index is 12.8. The first kappa shape index (κ1) is 22.6. The van der Waals surface area contributed by atoms with Crippen LogP contribution in [0.3, 0.4) is 0 Å². The third-order valence-corrected chi connectivity index (χ3v) is 5.72. The molecule has 2 aromatic heterocycles. The number of alkyl halides is 3. The molecule has 1 aliphatic rings. The Kier molecular flexibility index (Phi) is 6.26. The number of carbonyl (C=O) groups is 2. The number of benzene rings is 1. The molecule has 1 aromatic carbocycles. The highest BCUT2D eigenvalue weighted by Crippen LogP contribution is 2.33. The molecule has 1 fully saturated rings. The Morgan fingerprint density at radius 2 is 1.88 bits per heavy atom. The minimum absolute atomic E-state index is 0.175. The minimum Gasteiger partial charge on any atom is -0.406 e. The predicted molar refractivity (Wildman–Crippen MR) is 115 cm³/mol. The van der Waals surface area contributed by atoms with E-state index in [1.165, 1.54) is 12.1 Å². The summed E-state index contributed by atoms with van der Waals surface area (Å²) in [5, 5.41) is 3.66. The van der Waals surface area contributed by atoms with Gasteiger partial charge in [-0.2, -0.15) is 0 Å². The van der Waals surface area contributed by atoms with Gasteiger partial charge in [0, 0.05) is 43.0 Å². The van der Waals surface area contributed by atoms with Crippen molar-refractivity contribution in [3.8, 4) is 5.75 Å². The van der Waals surface area contributed by atoms with Crippen LogP contribution >= 0.6 is 0 Å². The van der Waals surface area contributed by atoms with Gasteiger partial charge in [0.25, 0.3) is 11.8 Å². The monoisotopic (exact) mass is 460 g/mol. The molecule has 0 saturated carbocycles. The molecule has 2 N–H and O–H groups in total. The average molecular weight is 460 g/mol. The fraction of sp³-hybridized carbons (Fsp3) is 0.348. The van der Waals surface area contributed by atoms with E-state index < -0.39 is 6.36 Å². The van der Waals surface area contributed by atoms with Gasteiger partial charge in [0.15, 0.2) is 0 Å². The van der Waals surface area contributed by atoms with E-state index >= 15 is 0 Å². The highest BCUT2D eigenvalue weighted by molar-refractivity contribution is 5.97. The summed E-state index contributed by atoms with van der Waals surface area (Å²) in [4.78, 5) is 34.2. The first-order valence-corrected chi connectivity index (χ1v) is 10.7. The number of aromatic amines is 1. The molecule has 174 valence electrons. The molecule has 4 rings (SSSR count). The zero-order valence-electron chi connectivity index (χ0n) is 17.9. The van der Waals surface area contributed by atoms with Crippen molar-refractivity contribution in [3.05, 3.63) is 59.4 Å². The number of likely N-dealkylation sites (tertiary alicyclic amines) is 1. The van der Waals surface area contributed by atoms with Gasteiger partial charge in [0.2, 0.25) is 0 Å². The molecule has 3 aromatic rings. The maximum absolute atomic E-state index is 12.8. The van der Waals surface area contributed by atoms with Crippen molar-refractivity contribution < 1.29 is 27.5 Å². The Balaban J connectivity index is 1.42. The number of hydrogen-bond donors (Lipinski definition) is 2. The highest BCUT2D eigenvalue weighted by Gasteiger charge is 2.31. The van der Waals surface area contributed by atoms with E-state index in [0.717, 1.165) is 35.9 Å². The number of halogens is 3. The van der Waals surface area contributed by atoms with Crippen LogP contribution in [-0.4, -0.2) is 52.7 Å². The zero-order valence-corrected chi connectivity index (χ0v) is 17.9. The van der Waals surface area contributed by atoms with Crippen LogP contribution < -0.4 is 10.1 Å². The van der Waals surface area contributed by atoms with Gasteiger partial charge in [0.1, 0.15) is 11.4 Å². The number of aromatic nitrogens is 2. The standard InChI is InChI=1S/C23H23F3N4O3/c1-2-27-21(31)16-11-18-19(13-29-20(18)28-12-16)14-7-9-30(10-8-14)22(32)15-3-5-17(6-4-15)33-23(24,25)26/h3-6,11-14H,2,7-10H2,1H3,(H,27,31)(H,28,29). The van der Waals surface area contributed by atoms with Crippen molar-refractivity contribution in [1.82, 2.24) is 20.2 Å². The summed E-state index contributed by atoms with van der Waals surface area (Å²) >= 11 is 0. The summed E-state index contributed by atoms with van der Waals surface area (Å²) in [7, 11) is 0. The van der Waals surface area contributed by atoms with Crippen molar-refractivity contribution in [2.75, 3.05) is 19.6 Å². The molecule has 0 radical (unpaired) electrons. The van der Waals surface area contributed by atoms with Gasteiger partial charge in [-0.3, -0.25) is 9.59 Å². The van der Waals surface area contributed by atoms with Gasteiger partial charge in [-0.1, -0.05) is 0 Å². The number of hydrogen-bond acceptors (Lipinski definition) is 4. The van der Waals surface area contributed by atoms with Gasteiger partial charge in [0.05, 0.1) is 5.56 Å². The fourth-order valence-corrected chi connectivity index (χ4v) is 4.12. The third kappa shape index (κ3) is 5.10. The van der Waals surface area contributed by atoms with E-state index in [1.54, 1.807) is 11.1 Å². The van der Waals surface area contributed by atoms with Gasteiger partial charge in [-0.15, -0.1) is 13.2 Å². The van der Waals surface area contributed by atoms with Crippen molar-refractivity contribution in [2.24, 2.45) is 0 Å². The number of nitrogens with one attached hydrogen (secondary N) is 2. The van der Waals surface area contributed by atoms with Crippen LogP contribution in [0.4, 0.5) is 13.2 Å². The minimum atomic E-state index is -4.77. The second-order valence-corrected chi connectivity index (χ2v) is 7.86. The predicted octanol–water partition coefficient (Wildman–Crippen LogP) is 4.23. The molecule has 0 aliphatic carbocycles. The normalized spacial score (nSPS) is 15.0. The Morgan fingerprint density at radius 1 is 1.18 bits per heavy atom. The average Bonchev–Trinajstić information content (AvgIpc) is 3.21. The lowest BCUT2D eigenvalue weighted by atomic mass is 9.89. The number of nitrogens with zero attached hydrogens (tertiary/aromatic N) is 2. The largest absolute Gasteiger partial charge is 0.573 e. The van der Waals surface area contributed by atoms with Crippen LogP contribution in [0.5, 0.6) is 5.75 Å². The van der Waals surface area contributed by atoms with E-state index in [-0.39, 0.29) is 23.5 Å². The lowest BCUT2D eigenvalue weighted by molar-refractivity contribution is -0.274. The summed E-state index contributed by atoms with van der Waals surface area (Å²) in [6.07, 6.45) is 0.116. The number of ether oxygens (including phenoxy) is 1. The molecule has 0 spiro atoms. The first-order valence-electron chi connectivity index (χ1n) is 10.7. The van der Waals surface area contributed by atoms with Gasteiger partial charge in [-0.25, -0.2) is 4.98 Å². The molecule has 2 amide bonds. The summed E-state index contributed by atoms with van der Waals surface area (Å²) in [6.45, 7) is 3.41. The summed E-state index contributed by atoms with van der Waals surface area (Å²) in [6, 6.07) is 6.78. The number of rotatable bonds is 5. The molecule has 7 nitrogen and oxygen atoms in total. The number of carbonyl (C=O) groups excluding carboxylic acids is 2. The zero-order chi connectivity index (χ0) is 23.6. The number of pyridine rings is 1. The Labute approximate surface area is 187 Å². The number of fused-ring (bicyclic) bond motifs is 1. The fourth-order valence-electron chi connectivity index (χ4n) is 4.12. The van der Waals surface area contributed by atoms with Crippen LogP contribution in [0.25, 0.3) is 11.0 Å². The molecule has 0 unspecified atom stereocenters. The lowest BCUT2D eigenvalue weighted by Gasteiger charge is -2.32. The third-order valence-electron chi connectivity index (χ3n) is 5.72. The van der Waals surface area contributed by atoms with E-state index in [9.17, 15) is 22.8 Å². The molecular formula is C23H23F3N4O3. The van der Waals surface area contributed by atoms with Crippen LogP contribution in [0.1, 0.15) is 52.0 Å². The smallest absolute Gasteiger partial charge is 0.406 e. The van der Waals surface area contributed by atoms with Crippen molar-refractivity contribution in [3.63, 3.8) is 0 Å². The number of amides is 2. The summed E-state index contributed by atoms with van der Waals surface area (Å²) in [5.74, 6) is -0.577. The topological polar surface area (TPSA) is 87.3 Å². The van der Waals surface area contributed by atoms with Gasteiger partial charge < -0.3 is 19.9 Å². The van der Waals surface area contributed by atoms with Crippen LogP contribution in [-0.2, 0) is 0 Å². The Hall–Kier alpha value is -3.56. The van der Waals surface area contributed by atoms with E-state index in [1.807, 2.05) is 19.2 Å². The highest BCUT2D eigenvalue weighted by atomic mass is 19.4. The molecule has 1 saturated heterocycles. The number of piperidine rings is 1. The molecule has 10 heteroatoms. The van der Waals surface area contributed by atoms with Crippen LogP contribution in [0, 0.1) is 0 Å². The van der Waals surface area contributed by atoms with Crippen LogP contribution in [0.15, 0.2) is 42.7 Å². The molecule has 3 heterocycles. The molecule has 1 aliphatic heterocycles. The molecule has 0 bridgehead atoms. The molecule has 33 heavy (non-hydrogen) atoms. The van der Waals surface area contributed by atoms with Gasteiger partial charge in [-0.05, 0) is 61.6 Å². The maximum Gasteiger partial charge on any atom is 0.573 e. The molecular weight excluding hydrogens is 437 g/mol. The van der Waals surface area contributed by atoms with Gasteiger partial charge >= 0.3 is 6.36 Å². The second kappa shape index (κ2) is 9.13. The van der Waals surface area contributed by atoms with Crippen molar-refractivity contribution >= 4 is 22.8 Å². The van der Waals surface area contributed by atoms with Crippen molar-refractivity contribution in [1.29, 1.82) is 0 Å². The first-order chi connectivity index (χ1) is 15.7. The summed E-state index contributed by atoms with van der Waals surface area (Å²) in [5.41, 5.74) is 2.57. The van der Waals surface area contributed by atoms with E-state index in [2.05, 4.69) is 20.0 Å². The Bertz CT molecular complexity index is 1150. The SMILES string of the molecule is CCNC(=O)c1cnc2[nH]cc(C3CCN(C(=O)c4ccc(OC(F)(F)F)cc4)CC3)c2c1. The number of H-pyrrole nitrogens is 1. The van der Waals surface area contributed by atoms with Crippen molar-refractivity contribution in [2.45, 2.75) is 32.0 Å². The lowest BCUT2D eigenvalue weighted by Crippen LogP contribution is -2.37. The van der Waals surface area contributed by atoms with E-state index in [4.69, 9.17) is 0 Å². The quantitative estimate of drug-likeness (QED) is 0.597. The Morgan fingerprint density at radius 3 is 2.52 bits per heavy atom. The van der Waals surface area contributed by atoms with E-state index in [0.29, 0.717) is 36.4 Å². The summed E-state index contributed by atoms with van der Waals surface area (Å²) < 4.78 is 40.8.